The number of nitrogens with zero attached hydrogens (tertiary/aromatic N) is 2. The number of likely N-dealkylation sites (N-methyl/N-ethyl adjacent to an activating group) is 1. The Morgan fingerprint density at radius 1 is 1.21 bits per heavy atom. The highest BCUT2D eigenvalue weighted by Gasteiger charge is 2.15. The number of halogens is 1. The van der Waals surface area contributed by atoms with Gasteiger partial charge < -0.3 is 16.0 Å². The molecule has 8 nitrogen and oxygen atoms in total. The molecule has 0 aliphatic rings. The van der Waals surface area contributed by atoms with E-state index in [0.29, 0.717) is 22.9 Å². The van der Waals surface area contributed by atoms with Crippen LogP contribution in [0.15, 0.2) is 36.7 Å². The number of benzene rings is 1. The molecule has 3 N–H and O–H groups in total. The Hall–Kier alpha value is -2.87. The van der Waals surface area contributed by atoms with Gasteiger partial charge in [0, 0.05) is 24.6 Å². The van der Waals surface area contributed by atoms with Crippen molar-refractivity contribution in [2.24, 2.45) is 0 Å². The van der Waals surface area contributed by atoms with Gasteiger partial charge in [0.05, 0.1) is 17.3 Å². The third kappa shape index (κ3) is 4.56. The van der Waals surface area contributed by atoms with Gasteiger partial charge in [0.25, 0.3) is 0 Å². The summed E-state index contributed by atoms with van der Waals surface area (Å²) < 4.78 is 1.58. The lowest BCUT2D eigenvalue weighted by Gasteiger charge is -2.09. The van der Waals surface area contributed by atoms with Crippen LogP contribution in [0.4, 0.5) is 5.69 Å². The second-order valence-corrected chi connectivity index (χ2v) is 5.11. The predicted molar refractivity (Wildman–Crippen MR) is 88.9 cm³/mol. The fourth-order valence-corrected chi connectivity index (χ4v) is 2.14. The summed E-state index contributed by atoms with van der Waals surface area (Å²) in [6, 6.07) is 6.52. The molecule has 0 saturated heterocycles. The maximum atomic E-state index is 11.8. The first-order valence-corrected chi connectivity index (χ1v) is 7.54. The van der Waals surface area contributed by atoms with Crippen molar-refractivity contribution in [3.05, 3.63) is 41.7 Å². The molecule has 24 heavy (non-hydrogen) atoms. The van der Waals surface area contributed by atoms with Crippen LogP contribution >= 0.6 is 11.6 Å². The summed E-state index contributed by atoms with van der Waals surface area (Å²) in [6.07, 6.45) is 3.35. The largest absolute Gasteiger partial charge is 0.355 e. The van der Waals surface area contributed by atoms with E-state index in [1.807, 2.05) is 0 Å². The van der Waals surface area contributed by atoms with Gasteiger partial charge in [0.15, 0.2) is 0 Å². The van der Waals surface area contributed by atoms with Crippen molar-refractivity contribution < 1.29 is 14.4 Å². The summed E-state index contributed by atoms with van der Waals surface area (Å²) in [6.45, 7) is 1.93. The molecule has 0 spiro atoms. The lowest BCUT2D eigenvalue weighted by molar-refractivity contribution is -0.136. The van der Waals surface area contributed by atoms with Gasteiger partial charge in [-0.25, -0.2) is 4.68 Å². The number of aromatic nitrogens is 2. The van der Waals surface area contributed by atoms with Crippen LogP contribution in [0.5, 0.6) is 0 Å². The lowest BCUT2D eigenvalue weighted by Crippen LogP contribution is -2.41. The number of amides is 3. The monoisotopic (exact) mass is 349 g/mol. The van der Waals surface area contributed by atoms with Gasteiger partial charge in [-0.15, -0.1) is 0 Å². The number of nitrogens with one attached hydrogen (secondary N) is 3. The zero-order chi connectivity index (χ0) is 17.5. The van der Waals surface area contributed by atoms with Crippen LogP contribution in [-0.2, 0) is 14.4 Å². The highest BCUT2D eigenvalue weighted by atomic mass is 35.5. The van der Waals surface area contributed by atoms with Gasteiger partial charge in [0.2, 0.25) is 5.91 Å². The van der Waals surface area contributed by atoms with Crippen molar-refractivity contribution in [1.29, 1.82) is 0 Å². The summed E-state index contributed by atoms with van der Waals surface area (Å²) in [7, 11) is 0. The van der Waals surface area contributed by atoms with E-state index >= 15 is 0 Å². The number of hydrogen-bond acceptors (Lipinski definition) is 4. The van der Waals surface area contributed by atoms with Crippen molar-refractivity contribution >= 4 is 35.0 Å². The molecule has 1 aromatic carbocycles. The molecule has 3 amide bonds. The molecule has 1 aromatic heterocycles. The summed E-state index contributed by atoms with van der Waals surface area (Å²) in [5, 5.41) is 11.6. The molecule has 0 unspecified atom stereocenters. The van der Waals surface area contributed by atoms with E-state index in [0.717, 1.165) is 0 Å². The quantitative estimate of drug-likeness (QED) is 0.691. The molecule has 1 heterocycles. The summed E-state index contributed by atoms with van der Waals surface area (Å²) in [5.74, 6) is -2.17. The topological polar surface area (TPSA) is 105 Å². The number of hydrogen-bond donors (Lipinski definition) is 3. The average Bonchev–Trinajstić information content (AvgIpc) is 3.07. The van der Waals surface area contributed by atoms with E-state index in [1.165, 1.54) is 6.07 Å². The summed E-state index contributed by atoms with van der Waals surface area (Å²) in [4.78, 5) is 34.7. The highest BCUT2D eigenvalue weighted by Crippen LogP contribution is 2.23. The smallest absolute Gasteiger partial charge is 0.313 e. The van der Waals surface area contributed by atoms with Crippen LogP contribution in [0.25, 0.3) is 5.69 Å². The van der Waals surface area contributed by atoms with Crippen molar-refractivity contribution in [1.82, 2.24) is 20.4 Å². The first kappa shape index (κ1) is 17.5. The van der Waals surface area contributed by atoms with Crippen LogP contribution in [0.2, 0.25) is 5.02 Å². The molecule has 0 fully saturated rings. The Morgan fingerprint density at radius 3 is 2.62 bits per heavy atom. The normalized spacial score (nSPS) is 10.1. The fourth-order valence-electron chi connectivity index (χ4n) is 1.87. The second kappa shape index (κ2) is 8.11. The zero-order valence-corrected chi connectivity index (χ0v) is 13.6. The van der Waals surface area contributed by atoms with E-state index in [4.69, 9.17) is 11.6 Å². The number of anilines is 1. The van der Waals surface area contributed by atoms with Crippen LogP contribution in [-0.4, -0.2) is 40.6 Å². The average molecular weight is 350 g/mol. The third-order valence-electron chi connectivity index (χ3n) is 2.95. The molecule has 2 rings (SSSR count). The number of rotatable bonds is 5. The maximum Gasteiger partial charge on any atom is 0.313 e. The molecule has 0 bridgehead atoms. The molecular weight excluding hydrogens is 334 g/mol. The molecule has 9 heteroatoms. The van der Waals surface area contributed by atoms with Gasteiger partial charge >= 0.3 is 11.8 Å². The maximum absolute atomic E-state index is 11.8. The lowest BCUT2D eigenvalue weighted by atomic mass is 10.2. The first-order chi connectivity index (χ1) is 11.5. The second-order valence-electron chi connectivity index (χ2n) is 4.71. The van der Waals surface area contributed by atoms with Crippen molar-refractivity contribution in [2.75, 3.05) is 18.4 Å². The zero-order valence-electron chi connectivity index (χ0n) is 12.9. The molecule has 126 valence electrons. The van der Waals surface area contributed by atoms with E-state index in [1.54, 1.807) is 42.2 Å². The molecule has 0 saturated carbocycles. The summed E-state index contributed by atoms with van der Waals surface area (Å²) >= 11 is 6.16. The molecule has 2 aromatic rings. The predicted octanol–water partition coefficient (Wildman–Crippen LogP) is 0.716. The Labute approximate surface area is 143 Å². The van der Waals surface area contributed by atoms with Crippen LogP contribution in [0.1, 0.15) is 6.92 Å². The van der Waals surface area contributed by atoms with Gasteiger partial charge in [-0.05, 0) is 31.2 Å². The van der Waals surface area contributed by atoms with Gasteiger partial charge in [-0.1, -0.05) is 11.6 Å². The Kier molecular flexibility index (Phi) is 5.91. The minimum absolute atomic E-state index is 0.265. The van der Waals surface area contributed by atoms with E-state index in [2.05, 4.69) is 21.0 Å². The Bertz CT molecular complexity index is 746. The molecule has 0 aliphatic heterocycles. The Balaban J connectivity index is 1.95. The van der Waals surface area contributed by atoms with E-state index < -0.39 is 11.8 Å². The van der Waals surface area contributed by atoms with Gasteiger partial charge in [-0.2, -0.15) is 5.10 Å². The molecule has 0 aliphatic carbocycles. The van der Waals surface area contributed by atoms with E-state index in [9.17, 15) is 14.4 Å². The van der Waals surface area contributed by atoms with Gasteiger partial charge in [-0.3, -0.25) is 14.4 Å². The van der Waals surface area contributed by atoms with Crippen LogP contribution < -0.4 is 16.0 Å². The minimum atomic E-state index is -0.909. The highest BCUT2D eigenvalue weighted by molar-refractivity contribution is 6.40. The van der Waals surface area contributed by atoms with E-state index in [-0.39, 0.29) is 12.5 Å². The molecule has 0 radical (unpaired) electrons. The minimum Gasteiger partial charge on any atom is -0.355 e. The van der Waals surface area contributed by atoms with Gasteiger partial charge in [0.1, 0.15) is 0 Å². The number of carbonyl (C=O) groups excluding carboxylic acids is 3. The standard InChI is InChI=1S/C15H16ClN5O3/c1-2-17-13(22)9-18-14(23)15(24)20-10-4-5-12(11(16)8-10)21-7-3-6-19-21/h3-8H,2,9H2,1H3,(H,17,22)(H,18,23)(H,20,24). The van der Waals surface area contributed by atoms with Crippen LogP contribution in [0.3, 0.4) is 0 Å². The fraction of sp³-hybridized carbons (Fsp3) is 0.200. The molecular formula is C15H16ClN5O3. The van der Waals surface area contributed by atoms with Crippen molar-refractivity contribution in [3.63, 3.8) is 0 Å². The Morgan fingerprint density at radius 2 is 2.00 bits per heavy atom. The summed E-state index contributed by atoms with van der Waals surface area (Å²) in [5.41, 5.74) is 0.995. The van der Waals surface area contributed by atoms with Crippen molar-refractivity contribution in [2.45, 2.75) is 6.92 Å². The van der Waals surface area contributed by atoms with Crippen LogP contribution in [0, 0.1) is 0 Å². The SMILES string of the molecule is CCNC(=O)CNC(=O)C(=O)Nc1ccc(-n2cccn2)c(Cl)c1. The molecule has 0 atom stereocenters. The third-order valence-corrected chi connectivity index (χ3v) is 3.25. The number of carbonyl (C=O) groups is 3. The van der Waals surface area contributed by atoms with Crippen molar-refractivity contribution in [3.8, 4) is 5.69 Å². The first-order valence-electron chi connectivity index (χ1n) is 7.16.